The van der Waals surface area contributed by atoms with Crippen LogP contribution in [-0.4, -0.2) is 23.8 Å². The van der Waals surface area contributed by atoms with Gasteiger partial charge in [-0.15, -0.1) is 0 Å². The number of ether oxygens (including phenoxy) is 1. The number of benzene rings is 2. The number of halogens is 1. The Bertz CT molecular complexity index is 807. The maximum absolute atomic E-state index is 13.7. The van der Waals surface area contributed by atoms with Gasteiger partial charge >= 0.3 is 5.97 Å². The number of hydrogen-bond acceptors (Lipinski definition) is 4. The maximum Gasteiger partial charge on any atom is 0.308 e. The van der Waals surface area contributed by atoms with Crippen LogP contribution in [-0.2, 0) is 16.0 Å². The number of esters is 1. The molecule has 0 fully saturated rings. The lowest BCUT2D eigenvalue weighted by atomic mass is 10.0. The third-order valence-corrected chi connectivity index (χ3v) is 3.39. The standard InChI is InChI=1S/C18H17FN2O4/c1-11(22)25-14-7-4-6-13(9-14)18(24)21-16(17(20)23)10-12-5-2-3-8-15(12)19/h2-9,16H,10H2,1H3,(H2,20,23)(H,21,24)/t16-/m1/s1. The number of nitrogens with two attached hydrogens (primary N) is 1. The summed E-state index contributed by atoms with van der Waals surface area (Å²) in [6.07, 6.45) is -0.0720. The number of carbonyl (C=O) groups is 3. The molecule has 0 saturated heterocycles. The number of primary amides is 1. The number of amides is 2. The third-order valence-electron chi connectivity index (χ3n) is 3.39. The molecule has 1 atom stereocenters. The molecule has 2 aromatic rings. The fourth-order valence-corrected chi connectivity index (χ4v) is 2.21. The van der Waals surface area contributed by atoms with E-state index in [1.807, 2.05) is 0 Å². The number of nitrogens with one attached hydrogen (secondary N) is 1. The molecule has 25 heavy (non-hydrogen) atoms. The van der Waals surface area contributed by atoms with Gasteiger partial charge in [-0.3, -0.25) is 14.4 Å². The van der Waals surface area contributed by atoms with Crippen LogP contribution in [0, 0.1) is 5.82 Å². The lowest BCUT2D eigenvalue weighted by molar-refractivity contribution is -0.131. The topological polar surface area (TPSA) is 98.5 Å². The van der Waals surface area contributed by atoms with Crippen molar-refractivity contribution in [3.05, 3.63) is 65.5 Å². The Labute approximate surface area is 143 Å². The van der Waals surface area contributed by atoms with Crippen molar-refractivity contribution in [1.29, 1.82) is 0 Å². The lowest BCUT2D eigenvalue weighted by Gasteiger charge is -2.16. The molecule has 0 unspecified atom stereocenters. The zero-order chi connectivity index (χ0) is 18.4. The van der Waals surface area contributed by atoms with Crippen LogP contribution in [0.15, 0.2) is 48.5 Å². The smallest absolute Gasteiger partial charge is 0.308 e. The first-order valence-corrected chi connectivity index (χ1v) is 7.49. The van der Waals surface area contributed by atoms with Crippen LogP contribution < -0.4 is 15.8 Å². The Morgan fingerprint density at radius 3 is 2.52 bits per heavy atom. The van der Waals surface area contributed by atoms with E-state index >= 15 is 0 Å². The van der Waals surface area contributed by atoms with E-state index in [4.69, 9.17) is 10.5 Å². The van der Waals surface area contributed by atoms with Crippen molar-refractivity contribution in [3.63, 3.8) is 0 Å². The van der Waals surface area contributed by atoms with Gasteiger partial charge in [-0.25, -0.2) is 4.39 Å². The van der Waals surface area contributed by atoms with Gasteiger partial charge in [-0.2, -0.15) is 0 Å². The van der Waals surface area contributed by atoms with E-state index < -0.39 is 29.6 Å². The number of hydrogen-bond donors (Lipinski definition) is 2. The summed E-state index contributed by atoms with van der Waals surface area (Å²) >= 11 is 0. The van der Waals surface area contributed by atoms with Crippen molar-refractivity contribution in [2.45, 2.75) is 19.4 Å². The van der Waals surface area contributed by atoms with Crippen LogP contribution in [0.1, 0.15) is 22.8 Å². The predicted molar refractivity (Wildman–Crippen MR) is 88.3 cm³/mol. The minimum atomic E-state index is -1.08. The van der Waals surface area contributed by atoms with Crippen LogP contribution in [0.3, 0.4) is 0 Å². The summed E-state index contributed by atoms with van der Waals surface area (Å²) in [4.78, 5) is 34.9. The van der Waals surface area contributed by atoms with Crippen molar-refractivity contribution >= 4 is 17.8 Å². The average molecular weight is 344 g/mol. The van der Waals surface area contributed by atoms with E-state index in [0.717, 1.165) is 0 Å². The zero-order valence-corrected chi connectivity index (χ0v) is 13.5. The lowest BCUT2D eigenvalue weighted by Crippen LogP contribution is -2.46. The average Bonchev–Trinajstić information content (AvgIpc) is 2.55. The summed E-state index contributed by atoms with van der Waals surface area (Å²) in [6.45, 7) is 1.24. The van der Waals surface area contributed by atoms with Crippen molar-refractivity contribution in [3.8, 4) is 5.75 Å². The second-order valence-corrected chi connectivity index (χ2v) is 5.35. The SMILES string of the molecule is CC(=O)Oc1cccc(C(=O)N[C@H](Cc2ccccc2F)C(N)=O)c1. The fourth-order valence-electron chi connectivity index (χ4n) is 2.21. The van der Waals surface area contributed by atoms with E-state index in [9.17, 15) is 18.8 Å². The summed E-state index contributed by atoms with van der Waals surface area (Å²) in [7, 11) is 0. The van der Waals surface area contributed by atoms with Crippen LogP contribution in [0.2, 0.25) is 0 Å². The van der Waals surface area contributed by atoms with E-state index in [1.54, 1.807) is 6.07 Å². The van der Waals surface area contributed by atoms with Crippen LogP contribution in [0.4, 0.5) is 4.39 Å². The molecule has 2 aromatic carbocycles. The molecule has 6 nitrogen and oxygen atoms in total. The molecule has 0 saturated carbocycles. The Morgan fingerprint density at radius 1 is 1.16 bits per heavy atom. The number of carbonyl (C=O) groups excluding carboxylic acids is 3. The highest BCUT2D eigenvalue weighted by molar-refractivity contribution is 5.97. The first-order chi connectivity index (χ1) is 11.9. The highest BCUT2D eigenvalue weighted by Gasteiger charge is 2.21. The minimum Gasteiger partial charge on any atom is -0.427 e. The second-order valence-electron chi connectivity index (χ2n) is 5.35. The number of rotatable bonds is 6. The molecule has 2 amide bonds. The van der Waals surface area contributed by atoms with Crippen molar-refractivity contribution in [2.24, 2.45) is 5.73 Å². The normalized spacial score (nSPS) is 11.4. The Balaban J connectivity index is 2.14. The predicted octanol–water partition coefficient (Wildman–Crippen LogP) is 1.58. The Hall–Kier alpha value is -3.22. The van der Waals surface area contributed by atoms with Gasteiger partial charge in [-0.1, -0.05) is 24.3 Å². The van der Waals surface area contributed by atoms with Gasteiger partial charge < -0.3 is 15.8 Å². The van der Waals surface area contributed by atoms with Gasteiger partial charge in [0.2, 0.25) is 5.91 Å². The molecule has 0 radical (unpaired) electrons. The molecule has 2 rings (SSSR count). The first-order valence-electron chi connectivity index (χ1n) is 7.49. The van der Waals surface area contributed by atoms with Crippen molar-refractivity contribution < 1.29 is 23.5 Å². The molecule has 7 heteroatoms. The highest BCUT2D eigenvalue weighted by Crippen LogP contribution is 2.14. The monoisotopic (exact) mass is 344 g/mol. The molecule has 0 aliphatic heterocycles. The molecular weight excluding hydrogens is 327 g/mol. The zero-order valence-electron chi connectivity index (χ0n) is 13.5. The Kier molecular flexibility index (Phi) is 5.84. The third kappa shape index (κ3) is 5.13. The van der Waals surface area contributed by atoms with Gasteiger partial charge in [0.1, 0.15) is 17.6 Å². The summed E-state index contributed by atoms with van der Waals surface area (Å²) in [5.74, 6) is -2.18. The van der Waals surface area contributed by atoms with E-state index in [2.05, 4.69) is 5.32 Å². The van der Waals surface area contributed by atoms with Crippen LogP contribution in [0.5, 0.6) is 5.75 Å². The molecule has 3 N–H and O–H groups in total. The summed E-state index contributed by atoms with van der Waals surface area (Å²) in [6, 6.07) is 10.7. The molecule has 0 bridgehead atoms. The molecular formula is C18H17FN2O4. The quantitative estimate of drug-likeness (QED) is 0.614. The molecule has 0 aromatic heterocycles. The van der Waals surface area contributed by atoms with Gasteiger partial charge in [0.05, 0.1) is 0 Å². The van der Waals surface area contributed by atoms with Gasteiger partial charge in [0, 0.05) is 18.9 Å². The second kappa shape index (κ2) is 8.05. The van der Waals surface area contributed by atoms with E-state index in [1.165, 1.54) is 49.4 Å². The molecule has 130 valence electrons. The first kappa shape index (κ1) is 18.1. The summed E-state index contributed by atoms with van der Waals surface area (Å²) in [5, 5.41) is 2.47. The highest BCUT2D eigenvalue weighted by atomic mass is 19.1. The van der Waals surface area contributed by atoms with Gasteiger partial charge in [0.15, 0.2) is 0 Å². The van der Waals surface area contributed by atoms with Crippen molar-refractivity contribution in [1.82, 2.24) is 5.32 Å². The van der Waals surface area contributed by atoms with E-state index in [0.29, 0.717) is 0 Å². The van der Waals surface area contributed by atoms with Gasteiger partial charge in [-0.05, 0) is 29.8 Å². The van der Waals surface area contributed by atoms with Crippen LogP contribution >= 0.6 is 0 Å². The molecule has 0 aliphatic carbocycles. The Morgan fingerprint density at radius 2 is 1.88 bits per heavy atom. The van der Waals surface area contributed by atoms with Crippen molar-refractivity contribution in [2.75, 3.05) is 0 Å². The largest absolute Gasteiger partial charge is 0.427 e. The van der Waals surface area contributed by atoms with E-state index in [-0.39, 0.29) is 23.3 Å². The minimum absolute atomic E-state index is 0.0720. The maximum atomic E-state index is 13.7. The summed E-state index contributed by atoms with van der Waals surface area (Å²) < 4.78 is 18.6. The van der Waals surface area contributed by atoms with Gasteiger partial charge in [0.25, 0.3) is 5.91 Å². The molecule has 0 heterocycles. The molecule has 0 spiro atoms. The fraction of sp³-hybridized carbons (Fsp3) is 0.167. The van der Waals surface area contributed by atoms with Crippen LogP contribution in [0.25, 0.3) is 0 Å². The molecule has 0 aliphatic rings. The summed E-state index contributed by atoms with van der Waals surface area (Å²) in [5.41, 5.74) is 5.75.